The van der Waals surface area contributed by atoms with Gasteiger partial charge < -0.3 is 46.3 Å². The van der Waals surface area contributed by atoms with Crippen LogP contribution >= 0.6 is 0 Å². The number of primary amides is 1. The van der Waals surface area contributed by atoms with Gasteiger partial charge in [0, 0.05) is 67.1 Å². The van der Waals surface area contributed by atoms with Gasteiger partial charge in [-0.3, -0.25) is 48.1 Å². The van der Waals surface area contributed by atoms with E-state index in [4.69, 9.17) is 15.5 Å². The number of carbonyl (C=O) groups excluding carboxylic acids is 9. The number of rotatable bonds is 18. The van der Waals surface area contributed by atoms with Crippen molar-refractivity contribution in [2.45, 2.75) is 83.2 Å². The number of nitrogens with one attached hydrogen (secondary N) is 4. The van der Waals surface area contributed by atoms with Crippen LogP contribution in [0.5, 0.6) is 0 Å². The Morgan fingerprint density at radius 2 is 1.63 bits per heavy atom. The Kier molecular flexibility index (Phi) is 13.9. The molecule has 8 rings (SSSR count). The Bertz CT molecular complexity index is 3030. The maximum atomic E-state index is 15.6. The molecule has 0 fully saturated rings. The molecule has 2 aromatic carbocycles. The number of fused-ring (bicyclic) bond motifs is 5. The van der Waals surface area contributed by atoms with Crippen molar-refractivity contribution in [1.29, 1.82) is 0 Å². The summed E-state index contributed by atoms with van der Waals surface area (Å²) in [4.78, 5) is 137. The molecule has 0 saturated carbocycles. The van der Waals surface area contributed by atoms with Crippen LogP contribution in [0.15, 0.2) is 59.4 Å². The summed E-state index contributed by atoms with van der Waals surface area (Å²) in [6.45, 7) is 0.655. The number of pyridine rings is 2. The van der Waals surface area contributed by atoms with Gasteiger partial charge in [-0.05, 0) is 54.5 Å². The summed E-state index contributed by atoms with van der Waals surface area (Å²) in [7, 11) is 0. The topological polar surface area (TPSA) is 299 Å². The number of aliphatic hydroxyl groups is 1. The largest absolute Gasteiger partial charge is 0.458 e. The number of esters is 1. The average molecular weight is 976 g/mol. The van der Waals surface area contributed by atoms with Crippen molar-refractivity contribution in [1.82, 2.24) is 40.6 Å². The van der Waals surface area contributed by atoms with Gasteiger partial charge in [-0.2, -0.15) is 0 Å². The Labute approximate surface area is 403 Å². The standard InChI is InChI=1S/C49H50FN9O12/c1-3-49(70)30-18-35-45-28(23-59(35)47(68)29(30)24-71-48(49)69)44-34(10-9-27-25(2)31(50)19-32(56-45)43(27)44)57(15-13-36(51)60)42(66)22-54-46(67)33(17-26-7-5-4-6-8-26)55-39(63)21-53-38(62)20-52-37(61)14-16-58-40(64)11-12-41(58)65/h4-8,11-12,18-19,33-34,70H,3,9-10,13-17,20-24H2,1-2H3,(H2,51,60)(H,52,61)(H,53,62)(H,54,67)(H,55,63)/t33-,34-,49-/m0/s1. The molecule has 0 saturated heterocycles. The first-order valence-corrected chi connectivity index (χ1v) is 23.0. The average Bonchev–Trinajstić information content (AvgIpc) is 3.89. The summed E-state index contributed by atoms with van der Waals surface area (Å²) in [6, 6.07) is 9.37. The minimum absolute atomic E-state index is 0.0324. The summed E-state index contributed by atoms with van der Waals surface area (Å²) in [5, 5.41) is 21.9. The molecule has 71 heavy (non-hydrogen) atoms. The number of aryl methyl sites for hydroxylation is 1. The quantitative estimate of drug-likeness (QED) is 0.0483. The molecule has 3 aliphatic heterocycles. The van der Waals surface area contributed by atoms with Gasteiger partial charge in [-0.1, -0.05) is 37.3 Å². The number of imide groups is 1. The van der Waals surface area contributed by atoms with E-state index >= 15 is 4.39 Å². The highest BCUT2D eigenvalue weighted by molar-refractivity contribution is 6.13. The van der Waals surface area contributed by atoms with Gasteiger partial charge >= 0.3 is 5.97 Å². The van der Waals surface area contributed by atoms with Gasteiger partial charge in [0.2, 0.25) is 35.4 Å². The third-order valence-corrected chi connectivity index (χ3v) is 13.3. The zero-order valence-electron chi connectivity index (χ0n) is 38.7. The molecule has 7 N–H and O–H groups in total. The van der Waals surface area contributed by atoms with E-state index in [-0.39, 0.29) is 92.8 Å². The highest BCUT2D eigenvalue weighted by Crippen LogP contribution is 2.47. The Morgan fingerprint density at radius 1 is 0.930 bits per heavy atom. The van der Waals surface area contributed by atoms with E-state index in [0.29, 0.717) is 33.2 Å². The maximum Gasteiger partial charge on any atom is 0.343 e. The molecule has 2 aromatic heterocycles. The Balaban J connectivity index is 1.01. The highest BCUT2D eigenvalue weighted by Gasteiger charge is 2.46. The smallest absolute Gasteiger partial charge is 0.343 e. The second-order valence-corrected chi connectivity index (χ2v) is 17.7. The minimum atomic E-state index is -2.11. The summed E-state index contributed by atoms with van der Waals surface area (Å²) in [6.07, 6.45) is 2.01. The van der Waals surface area contributed by atoms with Crippen LogP contribution in [0.1, 0.15) is 77.6 Å². The zero-order valence-corrected chi connectivity index (χ0v) is 38.7. The van der Waals surface area contributed by atoms with Crippen LogP contribution in [-0.4, -0.2) is 116 Å². The van der Waals surface area contributed by atoms with E-state index in [1.54, 1.807) is 44.2 Å². The first kappa shape index (κ1) is 49.3. The lowest BCUT2D eigenvalue weighted by atomic mass is 9.81. The number of carbonyl (C=O) groups is 9. The van der Waals surface area contributed by atoms with Crippen molar-refractivity contribution in [3.8, 4) is 11.4 Å². The van der Waals surface area contributed by atoms with Crippen LogP contribution in [0.2, 0.25) is 0 Å². The molecule has 1 aliphatic carbocycles. The van der Waals surface area contributed by atoms with Crippen molar-refractivity contribution in [2.75, 3.05) is 32.7 Å². The summed E-state index contributed by atoms with van der Waals surface area (Å²) >= 11 is 0. The molecule has 370 valence electrons. The van der Waals surface area contributed by atoms with E-state index in [1.165, 1.54) is 21.6 Å². The molecule has 0 spiro atoms. The van der Waals surface area contributed by atoms with Crippen LogP contribution < -0.4 is 32.6 Å². The first-order valence-electron chi connectivity index (χ1n) is 23.0. The second-order valence-electron chi connectivity index (χ2n) is 17.7. The fraction of sp³-hybridized carbons (Fsp3) is 0.367. The Hall–Kier alpha value is -8.14. The number of hydrogen-bond donors (Lipinski definition) is 6. The van der Waals surface area contributed by atoms with E-state index in [0.717, 1.165) is 17.1 Å². The number of halogens is 1. The lowest BCUT2D eigenvalue weighted by molar-refractivity contribution is -0.172. The SMILES string of the molecule is CC[C@@]1(O)C(=O)OCc2c1cc1n(c2=O)Cc2c-1nc1cc(F)c(C)c3c1c2[C@@H](N(CCC(N)=O)C(=O)CNC(=O)[C@H](Cc1ccccc1)NC(=O)CNC(=O)CNC(=O)CCN1C(=O)C=CC1=O)CC3. The van der Waals surface area contributed by atoms with Gasteiger partial charge in [0.05, 0.1) is 54.7 Å². The number of nitrogens with zero attached hydrogens (tertiary/aromatic N) is 4. The summed E-state index contributed by atoms with van der Waals surface area (Å²) in [5.41, 5.74) is 6.62. The van der Waals surface area contributed by atoms with Crippen molar-refractivity contribution in [2.24, 2.45) is 5.73 Å². The van der Waals surface area contributed by atoms with Crippen LogP contribution in [0, 0.1) is 12.7 Å². The zero-order chi connectivity index (χ0) is 50.9. The fourth-order valence-electron chi connectivity index (χ4n) is 9.59. The predicted octanol–water partition coefficient (Wildman–Crippen LogP) is -0.390. The molecular weight excluding hydrogens is 926 g/mol. The summed E-state index contributed by atoms with van der Waals surface area (Å²) in [5.74, 6) is -6.84. The van der Waals surface area contributed by atoms with Crippen molar-refractivity contribution in [3.05, 3.63) is 110 Å². The lowest BCUT2D eigenvalue weighted by Crippen LogP contribution is -2.53. The number of ether oxygens (including phenoxy) is 1. The van der Waals surface area contributed by atoms with Crippen molar-refractivity contribution in [3.63, 3.8) is 0 Å². The molecule has 4 aromatic rings. The molecule has 8 amide bonds. The highest BCUT2D eigenvalue weighted by atomic mass is 19.1. The molecule has 5 heterocycles. The predicted molar refractivity (Wildman–Crippen MR) is 247 cm³/mol. The van der Waals surface area contributed by atoms with Gasteiger partial charge in [0.15, 0.2) is 5.60 Å². The number of hydrogen-bond acceptors (Lipinski definition) is 13. The third kappa shape index (κ3) is 9.74. The molecule has 3 atom stereocenters. The van der Waals surface area contributed by atoms with Crippen molar-refractivity contribution < 1.29 is 57.4 Å². The van der Waals surface area contributed by atoms with Crippen LogP contribution in [0.4, 0.5) is 4.39 Å². The normalized spacial score (nSPS) is 17.7. The van der Waals surface area contributed by atoms with E-state index in [1.807, 2.05) is 0 Å². The number of nitrogens with two attached hydrogens (primary N) is 1. The number of benzene rings is 2. The van der Waals surface area contributed by atoms with E-state index < -0.39 is 102 Å². The van der Waals surface area contributed by atoms with Gasteiger partial charge in [-0.25, -0.2) is 14.2 Å². The van der Waals surface area contributed by atoms with Gasteiger partial charge in [0.1, 0.15) is 18.5 Å². The monoisotopic (exact) mass is 975 g/mol. The van der Waals surface area contributed by atoms with E-state index in [2.05, 4.69) is 21.3 Å². The van der Waals surface area contributed by atoms with Crippen LogP contribution in [-0.2, 0) is 79.5 Å². The molecule has 22 heteroatoms. The van der Waals surface area contributed by atoms with Gasteiger partial charge in [-0.15, -0.1) is 0 Å². The van der Waals surface area contributed by atoms with Crippen molar-refractivity contribution >= 4 is 64.1 Å². The Morgan fingerprint density at radius 3 is 2.34 bits per heavy atom. The molecular formula is C49H50FN9O12. The molecule has 0 radical (unpaired) electrons. The minimum Gasteiger partial charge on any atom is -0.458 e. The second kappa shape index (κ2) is 20.1. The molecule has 4 aliphatic rings. The number of amides is 8. The third-order valence-electron chi connectivity index (χ3n) is 13.3. The maximum absolute atomic E-state index is 15.6. The first-order chi connectivity index (χ1) is 33.9. The summed E-state index contributed by atoms with van der Waals surface area (Å²) < 4.78 is 22.3. The molecule has 21 nitrogen and oxygen atoms in total. The number of aromatic nitrogens is 2. The lowest BCUT2D eigenvalue weighted by Gasteiger charge is -2.37. The molecule has 0 unspecified atom stereocenters. The number of cyclic esters (lactones) is 1. The van der Waals surface area contributed by atoms with Crippen LogP contribution in [0.3, 0.4) is 0 Å². The fourth-order valence-corrected chi connectivity index (χ4v) is 9.59. The van der Waals surface area contributed by atoms with E-state index in [9.17, 15) is 53.1 Å². The van der Waals surface area contributed by atoms with Gasteiger partial charge in [0.25, 0.3) is 17.4 Å². The molecule has 0 bridgehead atoms. The van der Waals surface area contributed by atoms with Crippen LogP contribution in [0.25, 0.3) is 22.3 Å².